The van der Waals surface area contributed by atoms with Crippen LogP contribution in [0.3, 0.4) is 0 Å². The van der Waals surface area contributed by atoms with Gasteiger partial charge in [-0.25, -0.2) is 4.39 Å². The number of aliphatic hydroxyl groups is 2. The lowest BCUT2D eigenvalue weighted by Crippen LogP contribution is -2.25. The fraction of sp³-hybridized carbons (Fsp3) is 0.400. The van der Waals surface area contributed by atoms with E-state index in [1.807, 2.05) is 6.92 Å². The van der Waals surface area contributed by atoms with Crippen LogP contribution in [-0.4, -0.2) is 10.2 Å². The van der Waals surface area contributed by atoms with Gasteiger partial charge in [0.05, 0.1) is 0 Å². The van der Waals surface area contributed by atoms with E-state index in [9.17, 15) is 14.6 Å². The van der Waals surface area contributed by atoms with Gasteiger partial charge >= 0.3 is 0 Å². The Morgan fingerprint density at radius 3 is 2.46 bits per heavy atom. The number of rotatable bonds is 3. The fourth-order valence-corrected chi connectivity index (χ4v) is 1.27. The van der Waals surface area contributed by atoms with E-state index in [2.05, 4.69) is 0 Å². The first kappa shape index (κ1) is 10.2. The average molecular weight is 184 g/mol. The van der Waals surface area contributed by atoms with Crippen LogP contribution in [0.15, 0.2) is 24.3 Å². The second kappa shape index (κ2) is 3.85. The Hall–Kier alpha value is -0.930. The van der Waals surface area contributed by atoms with Crippen LogP contribution in [0.4, 0.5) is 4.39 Å². The molecule has 0 aliphatic rings. The van der Waals surface area contributed by atoms with Crippen molar-refractivity contribution in [2.24, 2.45) is 0 Å². The number of hydrogen-bond acceptors (Lipinski definition) is 2. The zero-order valence-electron chi connectivity index (χ0n) is 7.50. The van der Waals surface area contributed by atoms with Crippen molar-refractivity contribution in [1.29, 1.82) is 0 Å². The molecule has 3 heteroatoms. The smallest absolute Gasteiger partial charge is 0.192 e. The Labute approximate surface area is 76.6 Å². The zero-order chi connectivity index (χ0) is 9.90. The van der Waals surface area contributed by atoms with Gasteiger partial charge in [-0.2, -0.15) is 0 Å². The molecule has 0 atom stereocenters. The van der Waals surface area contributed by atoms with Crippen LogP contribution in [0.25, 0.3) is 0 Å². The highest BCUT2D eigenvalue weighted by Crippen LogP contribution is 2.25. The van der Waals surface area contributed by atoms with Crippen molar-refractivity contribution >= 4 is 0 Å². The molecule has 0 fully saturated rings. The molecule has 1 rings (SSSR count). The molecule has 0 aromatic heterocycles. The van der Waals surface area contributed by atoms with Crippen molar-refractivity contribution in [2.45, 2.75) is 25.6 Å². The molecule has 0 saturated carbocycles. The summed E-state index contributed by atoms with van der Waals surface area (Å²) in [5, 5.41) is 19.0. The van der Waals surface area contributed by atoms with Crippen LogP contribution in [0.2, 0.25) is 0 Å². The molecule has 0 spiro atoms. The van der Waals surface area contributed by atoms with Crippen LogP contribution < -0.4 is 0 Å². The summed E-state index contributed by atoms with van der Waals surface area (Å²) in [7, 11) is 0. The summed E-state index contributed by atoms with van der Waals surface area (Å²) in [5.41, 5.74) is -0.0585. The molecule has 0 radical (unpaired) electrons. The van der Waals surface area contributed by atoms with E-state index in [-0.39, 0.29) is 12.0 Å². The van der Waals surface area contributed by atoms with Gasteiger partial charge in [-0.3, -0.25) is 0 Å². The maximum absolute atomic E-state index is 13.1. The molecule has 0 amide bonds. The molecule has 0 unspecified atom stereocenters. The van der Waals surface area contributed by atoms with Crippen LogP contribution >= 0.6 is 0 Å². The summed E-state index contributed by atoms with van der Waals surface area (Å²) in [6.07, 6.45) is 0.718. The summed E-state index contributed by atoms with van der Waals surface area (Å²) in [6, 6.07) is 5.69. The summed E-state index contributed by atoms with van der Waals surface area (Å²) in [4.78, 5) is 0. The highest BCUT2D eigenvalue weighted by atomic mass is 19.1. The van der Waals surface area contributed by atoms with E-state index in [4.69, 9.17) is 0 Å². The molecule has 0 bridgehead atoms. The molecular weight excluding hydrogens is 171 g/mol. The van der Waals surface area contributed by atoms with E-state index < -0.39 is 11.6 Å². The standard InChI is InChI=1S/C10H13FO2/c1-2-7-10(12,13)8-5-3-4-6-9(8)11/h3-6,12-13H,2,7H2,1H3. The van der Waals surface area contributed by atoms with Crippen LogP contribution in [-0.2, 0) is 5.79 Å². The topological polar surface area (TPSA) is 40.5 Å². The predicted octanol–water partition coefficient (Wildman–Crippen LogP) is 1.76. The van der Waals surface area contributed by atoms with Gasteiger partial charge in [0.25, 0.3) is 0 Å². The largest absolute Gasteiger partial charge is 0.362 e. The number of benzene rings is 1. The minimum Gasteiger partial charge on any atom is -0.362 e. The minimum atomic E-state index is -2.04. The maximum atomic E-state index is 13.1. The average Bonchev–Trinajstić information content (AvgIpc) is 2.04. The van der Waals surface area contributed by atoms with Crippen molar-refractivity contribution in [3.8, 4) is 0 Å². The van der Waals surface area contributed by atoms with Crippen molar-refractivity contribution in [3.63, 3.8) is 0 Å². The summed E-state index contributed by atoms with van der Waals surface area (Å²) >= 11 is 0. The molecule has 72 valence electrons. The fourth-order valence-electron chi connectivity index (χ4n) is 1.27. The molecule has 13 heavy (non-hydrogen) atoms. The molecular formula is C10H13FO2. The van der Waals surface area contributed by atoms with Crippen molar-refractivity contribution in [1.82, 2.24) is 0 Å². The van der Waals surface area contributed by atoms with E-state index in [1.165, 1.54) is 18.2 Å². The third-order valence-corrected chi connectivity index (χ3v) is 1.90. The van der Waals surface area contributed by atoms with Gasteiger partial charge in [0.2, 0.25) is 0 Å². The predicted molar refractivity (Wildman–Crippen MR) is 47.4 cm³/mol. The van der Waals surface area contributed by atoms with Gasteiger partial charge in [0, 0.05) is 12.0 Å². The van der Waals surface area contributed by atoms with E-state index >= 15 is 0 Å². The lowest BCUT2D eigenvalue weighted by Gasteiger charge is -2.21. The van der Waals surface area contributed by atoms with Gasteiger partial charge < -0.3 is 10.2 Å². The van der Waals surface area contributed by atoms with E-state index in [0.29, 0.717) is 6.42 Å². The summed E-state index contributed by atoms with van der Waals surface area (Å²) in [6.45, 7) is 1.81. The van der Waals surface area contributed by atoms with E-state index in [0.717, 1.165) is 0 Å². The SMILES string of the molecule is CCCC(O)(O)c1ccccc1F. The second-order valence-corrected chi connectivity index (χ2v) is 3.05. The molecule has 0 saturated heterocycles. The maximum Gasteiger partial charge on any atom is 0.192 e. The normalized spacial score (nSPS) is 11.7. The number of hydrogen-bond donors (Lipinski definition) is 2. The lowest BCUT2D eigenvalue weighted by molar-refractivity contribution is -0.176. The first-order valence-corrected chi connectivity index (χ1v) is 4.27. The van der Waals surface area contributed by atoms with Crippen LogP contribution in [0, 0.1) is 5.82 Å². The van der Waals surface area contributed by atoms with Gasteiger partial charge in [0.1, 0.15) is 5.82 Å². The van der Waals surface area contributed by atoms with Gasteiger partial charge in [-0.05, 0) is 6.07 Å². The van der Waals surface area contributed by atoms with E-state index in [1.54, 1.807) is 6.07 Å². The summed E-state index contributed by atoms with van der Waals surface area (Å²) in [5.74, 6) is -2.62. The first-order valence-electron chi connectivity index (χ1n) is 4.27. The van der Waals surface area contributed by atoms with Gasteiger partial charge in [-0.15, -0.1) is 0 Å². The van der Waals surface area contributed by atoms with Crippen LogP contribution in [0.1, 0.15) is 25.3 Å². The Bertz CT molecular complexity index is 284. The van der Waals surface area contributed by atoms with Gasteiger partial charge in [-0.1, -0.05) is 31.5 Å². The first-order chi connectivity index (χ1) is 6.08. The Morgan fingerprint density at radius 1 is 1.31 bits per heavy atom. The highest BCUT2D eigenvalue weighted by Gasteiger charge is 2.27. The molecule has 0 aliphatic heterocycles. The number of halogens is 1. The minimum absolute atomic E-state index is 0.0585. The van der Waals surface area contributed by atoms with Crippen molar-refractivity contribution < 1.29 is 14.6 Å². The van der Waals surface area contributed by atoms with Crippen molar-refractivity contribution in [2.75, 3.05) is 0 Å². The second-order valence-electron chi connectivity index (χ2n) is 3.05. The third-order valence-electron chi connectivity index (χ3n) is 1.90. The molecule has 1 aromatic rings. The highest BCUT2D eigenvalue weighted by molar-refractivity contribution is 5.21. The molecule has 0 heterocycles. The van der Waals surface area contributed by atoms with Crippen molar-refractivity contribution in [3.05, 3.63) is 35.6 Å². The monoisotopic (exact) mass is 184 g/mol. The Kier molecular flexibility index (Phi) is 3.01. The molecule has 1 aromatic carbocycles. The molecule has 2 N–H and O–H groups in total. The van der Waals surface area contributed by atoms with Gasteiger partial charge in [0.15, 0.2) is 5.79 Å². The molecule has 0 aliphatic carbocycles. The summed E-state index contributed by atoms with van der Waals surface area (Å²) < 4.78 is 13.1. The quantitative estimate of drug-likeness (QED) is 0.703. The van der Waals surface area contributed by atoms with Crippen LogP contribution in [0.5, 0.6) is 0 Å². The Balaban J connectivity index is 2.99. The lowest BCUT2D eigenvalue weighted by atomic mass is 10.0. The molecule has 2 nitrogen and oxygen atoms in total. The third kappa shape index (κ3) is 2.26. The zero-order valence-corrected chi connectivity index (χ0v) is 7.50. The Morgan fingerprint density at radius 2 is 1.92 bits per heavy atom.